The summed E-state index contributed by atoms with van der Waals surface area (Å²) in [6.07, 6.45) is 8.59. The van der Waals surface area contributed by atoms with Gasteiger partial charge in [0.2, 0.25) is 0 Å². The lowest BCUT2D eigenvalue weighted by Gasteiger charge is -2.64. The first-order chi connectivity index (χ1) is 17.7. The van der Waals surface area contributed by atoms with Gasteiger partial charge in [-0.05, 0) is 104 Å². The largest absolute Gasteiger partial charge is 0.439 e. The van der Waals surface area contributed by atoms with E-state index in [0.717, 1.165) is 56.4 Å². The minimum atomic E-state index is -0.269. The van der Waals surface area contributed by atoms with E-state index in [2.05, 4.69) is 20.8 Å². The van der Waals surface area contributed by atoms with Crippen LogP contribution in [0.25, 0.3) is 11.1 Å². The van der Waals surface area contributed by atoms with Crippen molar-refractivity contribution in [2.75, 3.05) is 7.11 Å². The molecule has 4 aliphatic rings. The molecule has 37 heavy (non-hydrogen) atoms. The summed E-state index contributed by atoms with van der Waals surface area (Å²) in [5, 5.41) is 22.6. The molecule has 0 bridgehead atoms. The zero-order chi connectivity index (χ0) is 26.1. The second kappa shape index (κ2) is 9.50. The van der Waals surface area contributed by atoms with Crippen LogP contribution in [0.4, 0.5) is 0 Å². The Morgan fingerprint density at radius 3 is 2.70 bits per heavy atom. The van der Waals surface area contributed by atoms with Crippen LogP contribution in [0.2, 0.25) is 5.02 Å². The van der Waals surface area contributed by atoms with E-state index in [9.17, 15) is 10.2 Å². The van der Waals surface area contributed by atoms with Gasteiger partial charge in [-0.2, -0.15) is 0 Å². The van der Waals surface area contributed by atoms with Crippen LogP contribution in [0.15, 0.2) is 22.6 Å². The van der Waals surface area contributed by atoms with Crippen LogP contribution in [0.1, 0.15) is 78.0 Å². The molecule has 4 fully saturated rings. The molecule has 204 valence electrons. The van der Waals surface area contributed by atoms with Crippen LogP contribution in [0, 0.1) is 46.3 Å². The molecule has 5 nitrogen and oxygen atoms in total. The maximum Gasteiger partial charge on any atom is 0.195 e. The van der Waals surface area contributed by atoms with E-state index in [-0.39, 0.29) is 29.1 Å². The van der Waals surface area contributed by atoms with Crippen LogP contribution in [-0.4, -0.2) is 40.6 Å². The summed E-state index contributed by atoms with van der Waals surface area (Å²) in [6.45, 7) is 7.33. The van der Waals surface area contributed by atoms with Gasteiger partial charge in [0.15, 0.2) is 11.5 Å². The van der Waals surface area contributed by atoms with E-state index in [1.54, 1.807) is 0 Å². The Bertz CT molecular complexity index is 1140. The van der Waals surface area contributed by atoms with Gasteiger partial charge in [-0.15, -0.1) is 0 Å². The normalized spacial score (nSPS) is 44.3. The van der Waals surface area contributed by atoms with Gasteiger partial charge < -0.3 is 19.4 Å². The highest BCUT2D eigenvalue weighted by Crippen LogP contribution is 2.68. The molecule has 4 saturated carbocycles. The highest BCUT2D eigenvalue weighted by molar-refractivity contribution is 6.34. The van der Waals surface area contributed by atoms with Gasteiger partial charge in [-0.3, -0.25) is 0 Å². The van der Waals surface area contributed by atoms with E-state index >= 15 is 0 Å². The smallest absolute Gasteiger partial charge is 0.195 e. The molecular formula is C31H44ClNO4. The zero-order valence-electron chi connectivity index (χ0n) is 22.8. The Hall–Kier alpha value is -1.14. The predicted octanol–water partition coefficient (Wildman–Crippen LogP) is 6.67. The molecule has 4 aliphatic carbocycles. The summed E-state index contributed by atoms with van der Waals surface area (Å²) in [7, 11) is 1.90. The zero-order valence-corrected chi connectivity index (χ0v) is 23.6. The maximum atomic E-state index is 11.6. The molecule has 11 atom stereocenters. The van der Waals surface area contributed by atoms with Crippen LogP contribution >= 0.6 is 11.6 Å². The summed E-state index contributed by atoms with van der Waals surface area (Å²) >= 11 is 6.31. The Morgan fingerprint density at radius 1 is 1.14 bits per heavy atom. The summed E-state index contributed by atoms with van der Waals surface area (Å²) in [6, 6.07) is 5.72. The van der Waals surface area contributed by atoms with Crippen LogP contribution in [-0.2, 0) is 11.2 Å². The molecule has 1 aromatic heterocycles. The summed E-state index contributed by atoms with van der Waals surface area (Å²) in [5.74, 6) is 3.51. The van der Waals surface area contributed by atoms with Crippen molar-refractivity contribution in [3.05, 3.63) is 29.1 Å². The molecule has 0 aliphatic heterocycles. The lowest BCUT2D eigenvalue weighted by atomic mass is 9.43. The third kappa shape index (κ3) is 4.01. The van der Waals surface area contributed by atoms with E-state index in [1.807, 2.05) is 25.3 Å². The minimum Gasteiger partial charge on any atom is -0.439 e. The van der Waals surface area contributed by atoms with Gasteiger partial charge in [0.1, 0.15) is 5.52 Å². The van der Waals surface area contributed by atoms with Crippen molar-refractivity contribution >= 4 is 22.7 Å². The molecule has 0 saturated heterocycles. The Morgan fingerprint density at radius 2 is 1.95 bits per heavy atom. The number of hydrogen-bond acceptors (Lipinski definition) is 5. The predicted molar refractivity (Wildman–Crippen MR) is 145 cm³/mol. The van der Waals surface area contributed by atoms with Crippen molar-refractivity contribution in [1.82, 2.24) is 4.98 Å². The van der Waals surface area contributed by atoms with Crippen molar-refractivity contribution in [3.63, 3.8) is 0 Å². The molecule has 1 aromatic carbocycles. The number of oxazole rings is 1. The van der Waals surface area contributed by atoms with Crippen molar-refractivity contribution in [1.29, 1.82) is 0 Å². The number of benzene rings is 1. The fourth-order valence-electron chi connectivity index (χ4n) is 10.1. The monoisotopic (exact) mass is 529 g/mol. The van der Waals surface area contributed by atoms with Crippen molar-refractivity contribution in [2.24, 2.45) is 46.3 Å². The molecule has 1 heterocycles. The average Bonchev–Trinajstić information content (AvgIpc) is 3.45. The van der Waals surface area contributed by atoms with Gasteiger partial charge in [0, 0.05) is 18.9 Å². The number of methoxy groups -OCH3 is 1. The number of aryl methyl sites for hydroxylation is 1. The number of rotatable bonds is 5. The van der Waals surface area contributed by atoms with Crippen LogP contribution in [0.3, 0.4) is 0 Å². The Kier molecular flexibility index (Phi) is 6.70. The lowest BCUT2D eigenvalue weighted by Crippen LogP contribution is -2.62. The first-order valence-electron chi connectivity index (χ1n) is 14.6. The van der Waals surface area contributed by atoms with Crippen molar-refractivity contribution in [2.45, 2.75) is 96.9 Å². The third-order valence-corrected chi connectivity index (χ3v) is 12.3. The third-order valence-electron chi connectivity index (χ3n) is 12.0. The SMILES string of the molecule is CO[C@H]1C[C@H]2[C@@H]([C@H](O)C[C@@H]3C[C@H](O)CC[C@@]32C)[C@@H]2CC[C@H](C(C)CCc3nc4cccc(Cl)c4o3)[C@@]12C. The molecule has 0 spiro atoms. The number of aliphatic hydroxyl groups is 2. The fraction of sp³-hybridized carbons (Fsp3) is 0.774. The molecule has 6 heteroatoms. The summed E-state index contributed by atoms with van der Waals surface area (Å²) < 4.78 is 12.4. The highest BCUT2D eigenvalue weighted by atomic mass is 35.5. The van der Waals surface area contributed by atoms with Gasteiger partial charge in [-0.1, -0.05) is 38.4 Å². The van der Waals surface area contributed by atoms with E-state index in [4.69, 9.17) is 25.7 Å². The molecule has 1 unspecified atom stereocenters. The van der Waals surface area contributed by atoms with E-state index < -0.39 is 0 Å². The van der Waals surface area contributed by atoms with Crippen LogP contribution in [0.5, 0.6) is 0 Å². The first-order valence-corrected chi connectivity index (χ1v) is 15.0. The van der Waals surface area contributed by atoms with Gasteiger partial charge in [0.25, 0.3) is 0 Å². The van der Waals surface area contributed by atoms with Crippen molar-refractivity contribution < 1.29 is 19.4 Å². The first kappa shape index (κ1) is 26.1. The quantitative estimate of drug-likeness (QED) is 0.452. The second-order valence-corrected chi connectivity index (χ2v) is 13.9. The van der Waals surface area contributed by atoms with E-state index in [1.165, 1.54) is 12.8 Å². The molecule has 0 amide bonds. The summed E-state index contributed by atoms with van der Waals surface area (Å²) in [4.78, 5) is 4.69. The second-order valence-electron chi connectivity index (χ2n) is 13.4. The number of para-hydroxylation sites is 1. The van der Waals surface area contributed by atoms with Crippen LogP contribution < -0.4 is 0 Å². The maximum absolute atomic E-state index is 11.6. The number of hydrogen-bond donors (Lipinski definition) is 2. The van der Waals surface area contributed by atoms with Gasteiger partial charge >= 0.3 is 0 Å². The number of aromatic nitrogens is 1. The highest BCUT2D eigenvalue weighted by Gasteiger charge is 2.66. The number of nitrogens with zero attached hydrogens (tertiary/aromatic N) is 1. The van der Waals surface area contributed by atoms with E-state index in [0.29, 0.717) is 46.1 Å². The number of fused-ring (bicyclic) bond motifs is 6. The Labute approximate surface area is 226 Å². The lowest BCUT2D eigenvalue weighted by molar-refractivity contribution is -0.212. The molecule has 2 N–H and O–H groups in total. The standard InChI is InChI=1S/C31H44ClNO4/c1-17(8-11-27-33-24-7-5-6-23(32)29(24)37-27)20-9-10-21-28-22(16-26(36-4)31(20,21)3)30(2)13-12-19(34)14-18(30)15-25(28)35/h5-7,17-22,25-26,28,34-35H,8-16H2,1-4H3/t17?,18-,19+,20+,21-,22-,25+,26-,28-,30-,31+/m0/s1. The van der Waals surface area contributed by atoms with Gasteiger partial charge in [0.05, 0.1) is 23.3 Å². The summed E-state index contributed by atoms with van der Waals surface area (Å²) in [5.41, 5.74) is 1.76. The van der Waals surface area contributed by atoms with Crippen molar-refractivity contribution in [3.8, 4) is 0 Å². The Balaban J connectivity index is 1.23. The molecular weight excluding hydrogens is 486 g/mol. The molecule has 2 aromatic rings. The van der Waals surface area contributed by atoms with Gasteiger partial charge in [-0.25, -0.2) is 4.98 Å². The molecule has 0 radical (unpaired) electrons. The number of halogens is 1. The minimum absolute atomic E-state index is 0.0539. The molecule has 6 rings (SSSR count). The topological polar surface area (TPSA) is 75.7 Å². The average molecular weight is 530 g/mol. The number of ether oxygens (including phenoxy) is 1. The number of aliphatic hydroxyl groups excluding tert-OH is 2. The fourth-order valence-corrected chi connectivity index (χ4v) is 10.3.